The maximum atomic E-state index is 8.69. The van der Waals surface area contributed by atoms with Crippen molar-refractivity contribution < 1.29 is 12.3 Å². The molecule has 0 spiro atoms. The molecule has 0 atom stereocenters. The van der Waals surface area contributed by atoms with Crippen LogP contribution in [0, 0.1) is 0 Å². The zero-order chi connectivity index (χ0) is 14.6. The van der Waals surface area contributed by atoms with Crippen LogP contribution < -0.4 is 0 Å². The molecule has 4 nitrogen and oxygen atoms in total. The second-order valence-corrected chi connectivity index (χ2v) is 9.12. The van der Waals surface area contributed by atoms with E-state index in [2.05, 4.69) is 0 Å². The van der Waals surface area contributed by atoms with Crippen LogP contribution in [0.4, 0.5) is 0 Å². The van der Waals surface area contributed by atoms with Crippen LogP contribution in [-0.4, -0.2) is 25.0 Å². The Morgan fingerprint density at radius 3 is 0.882 bits per heavy atom. The van der Waals surface area contributed by atoms with Gasteiger partial charge in [0.2, 0.25) is 0 Å². The Balaban J connectivity index is 5.35. The zero-order valence-corrected chi connectivity index (χ0v) is 14.5. The molecule has 0 heterocycles. The van der Waals surface area contributed by atoms with Crippen molar-refractivity contribution in [3.8, 4) is 0 Å². The molecule has 0 unspecified atom stereocenters. The third kappa shape index (κ3) is 8.31. The summed E-state index contributed by atoms with van der Waals surface area (Å²) in [5.41, 5.74) is 0. The monoisotopic (exact) mass is 366 g/mol. The molecule has 108 valence electrons. The second kappa shape index (κ2) is 7.89. The molecule has 0 radical (unpaired) electrons. The van der Waals surface area contributed by atoms with Crippen LogP contribution in [0.5, 0.6) is 0 Å². The molecule has 17 heavy (non-hydrogen) atoms. The van der Waals surface area contributed by atoms with Gasteiger partial charge in [0, 0.05) is 0 Å². The summed E-state index contributed by atoms with van der Waals surface area (Å²) in [5.74, 6) is 0. The molecular formula is C12H29IO4. The SMILES string of the molecule is [3H]I(OC(C)C)(OC(C)C)(OC(C)C)OC(C)C. The number of rotatable bonds is 8. The van der Waals surface area contributed by atoms with Gasteiger partial charge in [-0.05, 0) is 0 Å². The van der Waals surface area contributed by atoms with Crippen molar-refractivity contribution in [1.82, 2.24) is 0 Å². The molecule has 0 bridgehead atoms. The Morgan fingerprint density at radius 2 is 0.765 bits per heavy atom. The molecule has 0 aliphatic heterocycles. The van der Waals surface area contributed by atoms with Crippen molar-refractivity contribution in [3.63, 3.8) is 0 Å². The maximum absolute atomic E-state index is 8.69. The number of halogens is 1. The van der Waals surface area contributed by atoms with Gasteiger partial charge in [-0.3, -0.25) is 0 Å². The molecule has 0 N–H and O–H groups in total. The fourth-order valence-corrected chi connectivity index (χ4v) is 6.70. The van der Waals surface area contributed by atoms with Gasteiger partial charge in [0.05, 0.1) is 0 Å². The Bertz CT molecular complexity index is 205. The van der Waals surface area contributed by atoms with Gasteiger partial charge < -0.3 is 0 Å². The van der Waals surface area contributed by atoms with E-state index in [4.69, 9.17) is 12.9 Å². The van der Waals surface area contributed by atoms with Crippen molar-refractivity contribution in [2.24, 2.45) is 0 Å². The molecule has 0 aliphatic carbocycles. The van der Waals surface area contributed by atoms with Gasteiger partial charge in [-0.15, -0.1) is 0 Å². The summed E-state index contributed by atoms with van der Waals surface area (Å²) in [4.78, 5) is 0. The Morgan fingerprint density at radius 1 is 0.588 bits per heavy atom. The normalized spacial score (nSPS) is 16.7. The summed E-state index contributed by atoms with van der Waals surface area (Å²) in [6.07, 6.45) is -0.749. The van der Waals surface area contributed by atoms with E-state index in [1.807, 2.05) is 55.4 Å². The van der Waals surface area contributed by atoms with Crippen LogP contribution in [0.15, 0.2) is 0 Å². The summed E-state index contributed by atoms with van der Waals surface area (Å²) >= 11 is -4.99. The molecular weight excluding hydrogens is 335 g/mol. The van der Waals surface area contributed by atoms with E-state index >= 15 is 0 Å². The first-order valence-corrected chi connectivity index (χ1v) is 9.70. The van der Waals surface area contributed by atoms with Crippen molar-refractivity contribution in [1.29, 1.82) is 0.594 Å². The molecule has 0 aromatic carbocycles. The van der Waals surface area contributed by atoms with Crippen LogP contribution in [-0.2, 0) is 12.3 Å². The summed E-state index contributed by atoms with van der Waals surface area (Å²) in [6, 6.07) is 0. The van der Waals surface area contributed by atoms with Crippen LogP contribution in [0.1, 0.15) is 55.4 Å². The van der Waals surface area contributed by atoms with E-state index in [0.29, 0.717) is 0 Å². The van der Waals surface area contributed by atoms with E-state index in [1.165, 1.54) is 0 Å². The third-order valence-corrected chi connectivity index (χ3v) is 7.71. The zero-order valence-electron chi connectivity index (χ0n) is 13.3. The molecule has 0 aromatic heterocycles. The standard InChI is InChI=1S/C12H29IO4/c1-9(2)14-13(15-10(3)4,16-11(5)6)17-12(7)8/h9-13H,1-8H3/i13T. The van der Waals surface area contributed by atoms with E-state index in [1.54, 1.807) is 0 Å². The minimum absolute atomic E-state index is 0.187. The number of hydrogen-bond donors (Lipinski definition) is 0. The van der Waals surface area contributed by atoms with Crippen LogP contribution >= 0.6 is 19.9 Å². The first-order chi connectivity index (χ1) is 7.96. The Kier molecular flexibility index (Phi) is 7.25. The first kappa shape index (κ1) is 15.6. The predicted octanol–water partition coefficient (Wildman–Crippen LogP) is 4.12. The average molecular weight is 366 g/mol. The van der Waals surface area contributed by atoms with E-state index < -0.39 is 19.9 Å². The molecule has 0 aromatic rings. The van der Waals surface area contributed by atoms with Gasteiger partial charge in [-0.2, -0.15) is 0 Å². The average Bonchev–Trinajstić information content (AvgIpc) is 1.92. The van der Waals surface area contributed by atoms with E-state index in [0.717, 1.165) is 0 Å². The van der Waals surface area contributed by atoms with Crippen molar-refractivity contribution in [2.45, 2.75) is 79.8 Å². The molecule has 5 heteroatoms. The fraction of sp³-hybridized carbons (Fsp3) is 1.00. The Labute approximate surface area is 113 Å². The predicted molar refractivity (Wildman–Crippen MR) is 80.3 cm³/mol. The summed E-state index contributed by atoms with van der Waals surface area (Å²) in [7, 11) is 0. The van der Waals surface area contributed by atoms with Gasteiger partial charge in [0.1, 0.15) is 0 Å². The third-order valence-electron chi connectivity index (χ3n) is 1.15. The quantitative estimate of drug-likeness (QED) is 0.606. The summed E-state index contributed by atoms with van der Waals surface area (Å²) in [6.45, 7) is 14.8. The van der Waals surface area contributed by atoms with E-state index in [9.17, 15) is 0 Å². The van der Waals surface area contributed by atoms with Crippen LogP contribution in [0.25, 0.3) is 0 Å². The Hall–Kier alpha value is 0.570. The van der Waals surface area contributed by atoms with Crippen molar-refractivity contribution >= 4 is 19.9 Å². The minimum atomic E-state index is -4.99. The molecule has 0 saturated carbocycles. The van der Waals surface area contributed by atoms with Gasteiger partial charge in [-0.25, -0.2) is 0 Å². The van der Waals surface area contributed by atoms with Gasteiger partial charge in [0.25, 0.3) is 0 Å². The van der Waals surface area contributed by atoms with E-state index in [-0.39, 0.29) is 24.4 Å². The summed E-state index contributed by atoms with van der Waals surface area (Å²) < 4.78 is 31.7. The molecule has 0 aliphatic rings. The van der Waals surface area contributed by atoms with Crippen LogP contribution in [0.3, 0.4) is 0 Å². The summed E-state index contributed by atoms with van der Waals surface area (Å²) in [5, 5.41) is 0. The first-order valence-electron chi connectivity index (χ1n) is 6.56. The molecule has 0 rings (SSSR count). The molecule has 0 fully saturated rings. The second-order valence-electron chi connectivity index (χ2n) is 4.93. The number of hydrogen-bond acceptors (Lipinski definition) is 4. The van der Waals surface area contributed by atoms with Gasteiger partial charge in [-0.1, -0.05) is 0 Å². The molecule has 0 amide bonds. The van der Waals surface area contributed by atoms with Gasteiger partial charge >= 0.3 is 113 Å². The van der Waals surface area contributed by atoms with Crippen LogP contribution in [0.2, 0.25) is 0 Å². The topological polar surface area (TPSA) is 36.9 Å². The van der Waals surface area contributed by atoms with Gasteiger partial charge in [0.15, 0.2) is 0 Å². The fourth-order valence-electron chi connectivity index (χ4n) is 0.999. The van der Waals surface area contributed by atoms with Crippen molar-refractivity contribution in [2.75, 3.05) is 0 Å². The molecule has 0 saturated heterocycles. The van der Waals surface area contributed by atoms with Crippen molar-refractivity contribution in [3.05, 3.63) is 0 Å².